The molecule has 0 N–H and O–H groups in total. The molecule has 0 radical (unpaired) electrons. The molecule has 2 aliphatic rings. The van der Waals surface area contributed by atoms with Gasteiger partial charge in [0, 0.05) is 11.5 Å². The van der Waals surface area contributed by atoms with Crippen molar-refractivity contribution < 1.29 is 4.74 Å². The van der Waals surface area contributed by atoms with Gasteiger partial charge in [0.15, 0.2) is 0 Å². The fourth-order valence-electron chi connectivity index (χ4n) is 3.32. The molecule has 0 bridgehead atoms. The van der Waals surface area contributed by atoms with Gasteiger partial charge in [0.2, 0.25) is 0 Å². The van der Waals surface area contributed by atoms with Gasteiger partial charge < -0.3 is 4.74 Å². The topological polar surface area (TPSA) is 9.23 Å². The second-order valence-corrected chi connectivity index (χ2v) is 4.89. The SMILES string of the molecule is c1ccc2c3c(ccc2c1)OC1CCCC31. The van der Waals surface area contributed by atoms with E-state index in [0.29, 0.717) is 12.0 Å². The molecule has 1 nitrogen and oxygen atoms in total. The van der Waals surface area contributed by atoms with Gasteiger partial charge in [-0.1, -0.05) is 30.3 Å². The van der Waals surface area contributed by atoms with E-state index in [2.05, 4.69) is 36.4 Å². The molecule has 2 aromatic carbocycles. The Morgan fingerprint density at radius 2 is 1.94 bits per heavy atom. The molecule has 0 spiro atoms. The fraction of sp³-hybridized carbons (Fsp3) is 0.333. The molecule has 1 heteroatoms. The Hall–Kier alpha value is -1.50. The van der Waals surface area contributed by atoms with Crippen LogP contribution in [0.25, 0.3) is 10.8 Å². The molecule has 0 saturated heterocycles. The van der Waals surface area contributed by atoms with Gasteiger partial charge in [0.1, 0.15) is 11.9 Å². The minimum absolute atomic E-state index is 0.459. The maximum atomic E-state index is 6.04. The monoisotopic (exact) mass is 210 g/mol. The zero-order valence-electron chi connectivity index (χ0n) is 9.15. The summed E-state index contributed by atoms with van der Waals surface area (Å²) in [6.45, 7) is 0. The standard InChI is InChI=1S/C15H14O/c1-2-5-11-10(4-1)8-9-14-15(11)12-6-3-7-13(12)16-14/h1-2,4-5,8-9,12-13H,3,6-7H2. The van der Waals surface area contributed by atoms with Crippen molar-refractivity contribution in [2.24, 2.45) is 0 Å². The summed E-state index contributed by atoms with van der Waals surface area (Å²) in [7, 11) is 0. The third-order valence-electron chi connectivity index (χ3n) is 4.03. The molecule has 2 atom stereocenters. The fourth-order valence-corrected chi connectivity index (χ4v) is 3.32. The highest BCUT2D eigenvalue weighted by atomic mass is 16.5. The van der Waals surface area contributed by atoms with Crippen LogP contribution in [0, 0.1) is 0 Å². The summed E-state index contributed by atoms with van der Waals surface area (Å²) >= 11 is 0. The third kappa shape index (κ3) is 1.01. The predicted octanol–water partition coefficient (Wildman–Crippen LogP) is 3.87. The van der Waals surface area contributed by atoms with Crippen molar-refractivity contribution in [2.45, 2.75) is 31.3 Å². The van der Waals surface area contributed by atoms with Crippen LogP contribution in [0.3, 0.4) is 0 Å². The first-order valence-corrected chi connectivity index (χ1v) is 6.12. The minimum atomic E-state index is 0.459. The van der Waals surface area contributed by atoms with Gasteiger partial charge in [-0.3, -0.25) is 0 Å². The number of ether oxygens (including phenoxy) is 1. The van der Waals surface area contributed by atoms with Gasteiger partial charge in [-0.15, -0.1) is 0 Å². The van der Waals surface area contributed by atoms with E-state index in [1.54, 1.807) is 0 Å². The average Bonchev–Trinajstić information content (AvgIpc) is 2.88. The first-order valence-electron chi connectivity index (χ1n) is 6.12. The molecule has 2 unspecified atom stereocenters. The highest BCUT2D eigenvalue weighted by Crippen LogP contribution is 2.49. The van der Waals surface area contributed by atoms with Gasteiger partial charge in [0.05, 0.1) is 0 Å². The largest absolute Gasteiger partial charge is 0.489 e. The van der Waals surface area contributed by atoms with E-state index in [4.69, 9.17) is 4.74 Å². The van der Waals surface area contributed by atoms with Crippen LogP contribution in [-0.4, -0.2) is 6.10 Å². The van der Waals surface area contributed by atoms with Crippen molar-refractivity contribution >= 4 is 10.8 Å². The molecule has 80 valence electrons. The molecular formula is C15H14O. The van der Waals surface area contributed by atoms with E-state index < -0.39 is 0 Å². The molecule has 1 saturated carbocycles. The normalized spacial score (nSPS) is 26.5. The third-order valence-corrected chi connectivity index (χ3v) is 4.03. The van der Waals surface area contributed by atoms with Crippen molar-refractivity contribution in [3.05, 3.63) is 42.0 Å². The Balaban J connectivity index is 2.03. The first-order chi connectivity index (χ1) is 7.93. The molecular weight excluding hydrogens is 196 g/mol. The van der Waals surface area contributed by atoms with Crippen LogP contribution in [0.1, 0.15) is 30.7 Å². The molecule has 1 aliphatic heterocycles. The Bertz CT molecular complexity index is 558. The quantitative estimate of drug-likeness (QED) is 0.641. The smallest absolute Gasteiger partial charge is 0.124 e. The maximum Gasteiger partial charge on any atom is 0.124 e. The number of rotatable bonds is 0. The van der Waals surface area contributed by atoms with Gasteiger partial charge >= 0.3 is 0 Å². The van der Waals surface area contributed by atoms with E-state index in [-0.39, 0.29) is 0 Å². The summed E-state index contributed by atoms with van der Waals surface area (Å²) in [5.74, 6) is 1.79. The number of fused-ring (bicyclic) bond motifs is 5. The first kappa shape index (κ1) is 8.63. The van der Waals surface area contributed by atoms with Crippen molar-refractivity contribution in [3.8, 4) is 5.75 Å². The Morgan fingerprint density at radius 1 is 1.00 bits per heavy atom. The predicted molar refractivity (Wildman–Crippen MR) is 65.0 cm³/mol. The Labute approximate surface area is 95.0 Å². The summed E-state index contributed by atoms with van der Waals surface area (Å²) in [6.07, 6.45) is 4.30. The molecule has 4 rings (SSSR count). The second-order valence-electron chi connectivity index (χ2n) is 4.89. The molecule has 1 fully saturated rings. The zero-order chi connectivity index (χ0) is 10.5. The van der Waals surface area contributed by atoms with E-state index in [1.165, 1.54) is 35.6 Å². The lowest BCUT2D eigenvalue weighted by Crippen LogP contribution is -2.10. The van der Waals surface area contributed by atoms with Crippen LogP contribution in [0.15, 0.2) is 36.4 Å². The number of benzene rings is 2. The molecule has 1 aliphatic carbocycles. The van der Waals surface area contributed by atoms with Crippen molar-refractivity contribution in [2.75, 3.05) is 0 Å². The van der Waals surface area contributed by atoms with E-state index in [9.17, 15) is 0 Å². The number of hydrogen-bond donors (Lipinski definition) is 0. The van der Waals surface area contributed by atoms with Crippen LogP contribution >= 0.6 is 0 Å². The summed E-state index contributed by atoms with van der Waals surface area (Å²) in [4.78, 5) is 0. The maximum absolute atomic E-state index is 6.04. The van der Waals surface area contributed by atoms with E-state index in [1.807, 2.05) is 0 Å². The lowest BCUT2D eigenvalue weighted by molar-refractivity contribution is 0.225. The van der Waals surface area contributed by atoms with Crippen LogP contribution in [-0.2, 0) is 0 Å². The summed E-state index contributed by atoms with van der Waals surface area (Å²) in [5.41, 5.74) is 1.47. The Morgan fingerprint density at radius 3 is 2.94 bits per heavy atom. The molecule has 1 heterocycles. The molecule has 0 aromatic heterocycles. The lowest BCUT2D eigenvalue weighted by Gasteiger charge is -2.08. The highest BCUT2D eigenvalue weighted by molar-refractivity contribution is 5.89. The van der Waals surface area contributed by atoms with Gasteiger partial charge in [-0.05, 0) is 36.1 Å². The molecule has 0 amide bonds. The van der Waals surface area contributed by atoms with Gasteiger partial charge in [0.25, 0.3) is 0 Å². The number of hydrogen-bond acceptors (Lipinski definition) is 1. The van der Waals surface area contributed by atoms with Crippen LogP contribution in [0.4, 0.5) is 0 Å². The van der Waals surface area contributed by atoms with Crippen LogP contribution < -0.4 is 4.74 Å². The lowest BCUT2D eigenvalue weighted by atomic mass is 9.92. The van der Waals surface area contributed by atoms with E-state index >= 15 is 0 Å². The average molecular weight is 210 g/mol. The molecule has 2 aromatic rings. The Kier molecular flexibility index (Phi) is 1.62. The van der Waals surface area contributed by atoms with E-state index in [0.717, 1.165) is 5.75 Å². The minimum Gasteiger partial charge on any atom is -0.489 e. The van der Waals surface area contributed by atoms with Crippen LogP contribution in [0.2, 0.25) is 0 Å². The summed E-state index contributed by atoms with van der Waals surface area (Å²) in [6, 6.07) is 13.0. The van der Waals surface area contributed by atoms with Crippen molar-refractivity contribution in [1.82, 2.24) is 0 Å². The van der Waals surface area contributed by atoms with Crippen molar-refractivity contribution in [1.29, 1.82) is 0 Å². The zero-order valence-corrected chi connectivity index (χ0v) is 9.15. The van der Waals surface area contributed by atoms with Crippen LogP contribution in [0.5, 0.6) is 5.75 Å². The highest BCUT2D eigenvalue weighted by Gasteiger charge is 2.38. The van der Waals surface area contributed by atoms with Gasteiger partial charge in [-0.25, -0.2) is 0 Å². The summed E-state index contributed by atoms with van der Waals surface area (Å²) in [5, 5.41) is 2.74. The summed E-state index contributed by atoms with van der Waals surface area (Å²) < 4.78 is 6.04. The second kappa shape index (κ2) is 3.00. The van der Waals surface area contributed by atoms with Crippen molar-refractivity contribution in [3.63, 3.8) is 0 Å². The molecule has 16 heavy (non-hydrogen) atoms. The van der Waals surface area contributed by atoms with Gasteiger partial charge in [-0.2, -0.15) is 0 Å².